The molecule has 0 bridgehead atoms. The second-order valence-electron chi connectivity index (χ2n) is 5.47. The molecule has 1 heterocycles. The first kappa shape index (κ1) is 17.1. The second-order valence-corrected chi connectivity index (χ2v) is 6.95. The van der Waals surface area contributed by atoms with Crippen LogP contribution in [0.1, 0.15) is 22.0 Å². The highest BCUT2D eigenvalue weighted by Gasteiger charge is 2.17. The minimum atomic E-state index is -1.02. The lowest BCUT2D eigenvalue weighted by Gasteiger charge is -2.19. The van der Waals surface area contributed by atoms with Gasteiger partial charge in [-0.15, -0.1) is 0 Å². The van der Waals surface area contributed by atoms with Gasteiger partial charge in [-0.25, -0.2) is 4.98 Å². The lowest BCUT2D eigenvalue weighted by molar-refractivity contribution is 0.0940. The fourth-order valence-electron chi connectivity index (χ4n) is 2.19. The Kier molecular flexibility index (Phi) is 5.87. The molecule has 0 saturated carbocycles. The molecule has 1 N–H and O–H groups in total. The van der Waals surface area contributed by atoms with E-state index in [4.69, 9.17) is 0 Å². The number of amides is 1. The van der Waals surface area contributed by atoms with Crippen LogP contribution in [0.5, 0.6) is 0 Å². The average Bonchev–Trinajstić information content (AvgIpc) is 2.54. The molecule has 5 nitrogen and oxygen atoms in total. The average molecular weight is 331 g/mol. The zero-order chi connectivity index (χ0) is 16.8. The molecule has 0 aliphatic rings. The van der Waals surface area contributed by atoms with Gasteiger partial charge >= 0.3 is 0 Å². The van der Waals surface area contributed by atoms with E-state index in [-0.39, 0.29) is 11.9 Å². The van der Waals surface area contributed by atoms with E-state index < -0.39 is 10.8 Å². The highest BCUT2D eigenvalue weighted by Crippen LogP contribution is 2.16. The summed E-state index contributed by atoms with van der Waals surface area (Å²) in [6.45, 7) is 0. The Morgan fingerprint density at radius 2 is 1.96 bits per heavy atom. The summed E-state index contributed by atoms with van der Waals surface area (Å²) in [6.07, 6.45) is 3.25. The number of pyridine rings is 1. The van der Waals surface area contributed by atoms with Gasteiger partial charge in [0.15, 0.2) is 0 Å². The molecule has 0 unspecified atom stereocenters. The molecule has 122 valence electrons. The highest BCUT2D eigenvalue weighted by molar-refractivity contribution is 7.84. The van der Waals surface area contributed by atoms with Gasteiger partial charge in [-0.1, -0.05) is 30.3 Å². The monoisotopic (exact) mass is 331 g/mol. The van der Waals surface area contributed by atoms with Gasteiger partial charge in [-0.05, 0) is 17.7 Å². The van der Waals surface area contributed by atoms with Crippen LogP contribution < -0.4 is 10.2 Å². The van der Waals surface area contributed by atoms with Crippen LogP contribution in [0, 0.1) is 0 Å². The summed E-state index contributed by atoms with van der Waals surface area (Å²) in [5.74, 6) is 0.893. The highest BCUT2D eigenvalue weighted by atomic mass is 32.2. The maximum Gasteiger partial charge on any atom is 0.251 e. The molecule has 2 rings (SSSR count). The van der Waals surface area contributed by atoms with Gasteiger partial charge in [-0.2, -0.15) is 0 Å². The van der Waals surface area contributed by atoms with E-state index in [1.807, 2.05) is 49.3 Å². The molecule has 6 heteroatoms. The number of carbonyl (C=O) groups is 1. The molecule has 0 radical (unpaired) electrons. The van der Waals surface area contributed by atoms with Gasteiger partial charge in [-0.3, -0.25) is 9.00 Å². The Bertz CT molecular complexity index is 689. The van der Waals surface area contributed by atoms with Crippen molar-refractivity contribution in [3.63, 3.8) is 0 Å². The maximum absolute atomic E-state index is 12.5. The molecule has 2 aromatic rings. The zero-order valence-corrected chi connectivity index (χ0v) is 14.3. The Balaban J connectivity index is 2.20. The van der Waals surface area contributed by atoms with Crippen LogP contribution in [0.25, 0.3) is 0 Å². The van der Waals surface area contributed by atoms with E-state index in [1.54, 1.807) is 24.6 Å². The third-order valence-corrected chi connectivity index (χ3v) is 4.18. The maximum atomic E-state index is 12.5. The Morgan fingerprint density at radius 1 is 1.26 bits per heavy atom. The van der Waals surface area contributed by atoms with Crippen molar-refractivity contribution in [2.24, 2.45) is 0 Å². The van der Waals surface area contributed by atoms with E-state index in [9.17, 15) is 9.00 Å². The van der Waals surface area contributed by atoms with Crippen molar-refractivity contribution in [3.8, 4) is 0 Å². The molecule has 23 heavy (non-hydrogen) atoms. The second kappa shape index (κ2) is 7.87. The summed E-state index contributed by atoms with van der Waals surface area (Å²) in [5.41, 5.74) is 1.48. The lowest BCUT2D eigenvalue weighted by Crippen LogP contribution is -2.32. The molecule has 0 aliphatic carbocycles. The number of carbonyl (C=O) groups excluding carboxylic acids is 1. The minimum absolute atomic E-state index is 0.199. The molecule has 0 saturated heterocycles. The summed E-state index contributed by atoms with van der Waals surface area (Å²) < 4.78 is 11.6. The first-order chi connectivity index (χ1) is 11.0. The van der Waals surface area contributed by atoms with E-state index in [1.165, 1.54) is 0 Å². The zero-order valence-electron chi connectivity index (χ0n) is 13.5. The number of anilines is 1. The van der Waals surface area contributed by atoms with Crippen LogP contribution >= 0.6 is 0 Å². The van der Waals surface area contributed by atoms with E-state index in [0.717, 1.165) is 5.56 Å². The first-order valence-corrected chi connectivity index (χ1v) is 8.99. The smallest absolute Gasteiger partial charge is 0.251 e. The fourth-order valence-corrected chi connectivity index (χ4v) is 2.93. The van der Waals surface area contributed by atoms with Crippen molar-refractivity contribution >= 4 is 22.5 Å². The van der Waals surface area contributed by atoms with Crippen molar-refractivity contribution < 1.29 is 9.00 Å². The number of aromatic nitrogens is 1. The van der Waals surface area contributed by atoms with Gasteiger partial charge in [0.25, 0.3) is 5.91 Å². The summed E-state index contributed by atoms with van der Waals surface area (Å²) in [4.78, 5) is 18.6. The van der Waals surface area contributed by atoms with Gasteiger partial charge < -0.3 is 10.2 Å². The van der Waals surface area contributed by atoms with E-state index in [0.29, 0.717) is 17.1 Å². The predicted molar refractivity (Wildman–Crippen MR) is 94.1 cm³/mol. The molecule has 0 spiro atoms. The van der Waals surface area contributed by atoms with Gasteiger partial charge in [0.1, 0.15) is 5.82 Å². The Hall–Kier alpha value is -2.21. The minimum Gasteiger partial charge on any atom is -0.363 e. The lowest BCUT2D eigenvalue weighted by atomic mass is 10.1. The van der Waals surface area contributed by atoms with Crippen LogP contribution in [-0.4, -0.2) is 41.2 Å². The van der Waals surface area contributed by atoms with Gasteiger partial charge in [0.2, 0.25) is 0 Å². The topological polar surface area (TPSA) is 62.3 Å². The summed E-state index contributed by atoms with van der Waals surface area (Å²) in [7, 11) is 2.73. The van der Waals surface area contributed by atoms with Crippen LogP contribution in [0.2, 0.25) is 0 Å². The fraction of sp³-hybridized carbons (Fsp3) is 0.294. The molecular formula is C17H21N3O2S. The van der Waals surface area contributed by atoms with Crippen molar-refractivity contribution in [3.05, 3.63) is 59.8 Å². The molecule has 0 fully saturated rings. The Morgan fingerprint density at radius 3 is 2.57 bits per heavy atom. The molecule has 0 aliphatic heterocycles. The van der Waals surface area contributed by atoms with Crippen molar-refractivity contribution in [1.82, 2.24) is 10.3 Å². The van der Waals surface area contributed by atoms with Gasteiger partial charge in [0.05, 0.1) is 6.04 Å². The van der Waals surface area contributed by atoms with Crippen molar-refractivity contribution in [2.45, 2.75) is 6.04 Å². The quantitative estimate of drug-likeness (QED) is 0.879. The van der Waals surface area contributed by atoms with Crippen LogP contribution in [0.3, 0.4) is 0 Å². The number of nitrogens with zero attached hydrogens (tertiary/aromatic N) is 2. The van der Waals surface area contributed by atoms with E-state index in [2.05, 4.69) is 10.3 Å². The number of benzene rings is 1. The largest absolute Gasteiger partial charge is 0.363 e. The molecule has 1 amide bonds. The summed E-state index contributed by atoms with van der Waals surface area (Å²) in [6, 6.07) is 12.7. The Labute approximate surface area is 139 Å². The SMILES string of the molecule is CN(C)c1cc(C(=O)N[C@H](C[S@@](C)=O)c2ccccc2)ccn1. The third-order valence-electron chi connectivity index (χ3n) is 3.37. The number of hydrogen-bond acceptors (Lipinski definition) is 4. The van der Waals surface area contributed by atoms with Crippen molar-refractivity contribution in [2.75, 3.05) is 31.0 Å². The number of rotatable bonds is 6. The van der Waals surface area contributed by atoms with Gasteiger partial charge in [0, 0.05) is 48.7 Å². The molecular weight excluding hydrogens is 310 g/mol. The number of hydrogen-bond donors (Lipinski definition) is 1. The number of nitrogens with one attached hydrogen (secondary N) is 1. The molecule has 1 aromatic heterocycles. The van der Waals surface area contributed by atoms with Crippen LogP contribution in [0.4, 0.5) is 5.82 Å². The third kappa shape index (κ3) is 4.89. The molecule has 2 atom stereocenters. The predicted octanol–water partition coefficient (Wildman–Crippen LogP) is 2.00. The summed E-state index contributed by atoms with van der Waals surface area (Å²) in [5, 5.41) is 2.97. The normalized spacial score (nSPS) is 13.2. The van der Waals surface area contributed by atoms with Crippen LogP contribution in [-0.2, 0) is 10.8 Å². The van der Waals surface area contributed by atoms with Crippen molar-refractivity contribution in [1.29, 1.82) is 0 Å². The molecule has 1 aromatic carbocycles. The van der Waals surface area contributed by atoms with E-state index >= 15 is 0 Å². The summed E-state index contributed by atoms with van der Waals surface area (Å²) >= 11 is 0. The standard InChI is InChI=1S/C17H21N3O2S/c1-20(2)16-11-14(9-10-18-16)17(21)19-15(12-23(3)22)13-7-5-4-6-8-13/h4-11,15H,12H2,1-3H3,(H,19,21)/t15-,23-/m1/s1. The first-order valence-electron chi connectivity index (χ1n) is 7.26. The van der Waals surface area contributed by atoms with Crippen LogP contribution in [0.15, 0.2) is 48.7 Å².